The Balaban J connectivity index is 2.05. The molecule has 1 heterocycles. The monoisotopic (exact) mass is 251 g/mol. The SMILES string of the molecule is CCOc1ccc(CN2CC[C@@H](O)C2)cc1OC. The third-order valence-electron chi connectivity index (χ3n) is 3.18. The van der Waals surface area contributed by atoms with Crippen LogP contribution in [0, 0.1) is 0 Å². The van der Waals surface area contributed by atoms with Gasteiger partial charge in [0.25, 0.3) is 0 Å². The summed E-state index contributed by atoms with van der Waals surface area (Å²) in [5.74, 6) is 1.55. The summed E-state index contributed by atoms with van der Waals surface area (Å²) in [5, 5.41) is 9.51. The van der Waals surface area contributed by atoms with Gasteiger partial charge in [-0.15, -0.1) is 0 Å². The molecule has 0 bridgehead atoms. The van der Waals surface area contributed by atoms with Crippen molar-refractivity contribution in [3.8, 4) is 11.5 Å². The van der Waals surface area contributed by atoms with Crippen LogP contribution in [0.5, 0.6) is 11.5 Å². The Hall–Kier alpha value is -1.26. The van der Waals surface area contributed by atoms with Crippen LogP contribution in [0.4, 0.5) is 0 Å². The standard InChI is InChI=1S/C14H21NO3/c1-3-18-13-5-4-11(8-14(13)17-2)9-15-7-6-12(16)10-15/h4-5,8,12,16H,3,6-7,9-10H2,1-2H3/t12-/m1/s1. The molecule has 1 atom stereocenters. The topological polar surface area (TPSA) is 41.9 Å². The van der Waals surface area contributed by atoms with Crippen LogP contribution in [0.25, 0.3) is 0 Å². The van der Waals surface area contributed by atoms with Crippen molar-refractivity contribution in [3.63, 3.8) is 0 Å². The van der Waals surface area contributed by atoms with E-state index in [4.69, 9.17) is 9.47 Å². The van der Waals surface area contributed by atoms with Crippen LogP contribution in [0.3, 0.4) is 0 Å². The molecule has 0 aromatic heterocycles. The molecule has 18 heavy (non-hydrogen) atoms. The fourth-order valence-corrected chi connectivity index (χ4v) is 2.30. The number of rotatable bonds is 5. The van der Waals surface area contributed by atoms with Crippen molar-refractivity contribution in [2.45, 2.75) is 26.0 Å². The highest BCUT2D eigenvalue weighted by Crippen LogP contribution is 2.28. The Morgan fingerprint density at radius 1 is 1.39 bits per heavy atom. The number of aliphatic hydroxyl groups is 1. The molecule has 0 saturated carbocycles. The number of hydrogen-bond donors (Lipinski definition) is 1. The maximum atomic E-state index is 9.51. The summed E-state index contributed by atoms with van der Waals surface area (Å²) in [6.07, 6.45) is 0.698. The van der Waals surface area contributed by atoms with E-state index in [9.17, 15) is 5.11 Å². The summed E-state index contributed by atoms with van der Waals surface area (Å²) in [5.41, 5.74) is 1.18. The van der Waals surface area contributed by atoms with Gasteiger partial charge in [0.2, 0.25) is 0 Å². The van der Waals surface area contributed by atoms with Crippen LogP contribution in [0.15, 0.2) is 18.2 Å². The van der Waals surface area contributed by atoms with E-state index in [0.29, 0.717) is 6.61 Å². The van der Waals surface area contributed by atoms with Crippen molar-refractivity contribution in [1.29, 1.82) is 0 Å². The zero-order valence-electron chi connectivity index (χ0n) is 11.1. The van der Waals surface area contributed by atoms with Gasteiger partial charge in [0.15, 0.2) is 11.5 Å². The normalized spacial score (nSPS) is 20.1. The summed E-state index contributed by atoms with van der Waals surface area (Å²) >= 11 is 0. The Bertz CT molecular complexity index is 395. The highest BCUT2D eigenvalue weighted by molar-refractivity contribution is 5.42. The third-order valence-corrected chi connectivity index (χ3v) is 3.18. The molecule has 1 aliphatic heterocycles. The highest BCUT2D eigenvalue weighted by atomic mass is 16.5. The molecule has 0 amide bonds. The fourth-order valence-electron chi connectivity index (χ4n) is 2.30. The highest BCUT2D eigenvalue weighted by Gasteiger charge is 2.20. The van der Waals surface area contributed by atoms with Crippen molar-refractivity contribution in [1.82, 2.24) is 4.90 Å². The first kappa shape index (κ1) is 13.2. The van der Waals surface area contributed by atoms with Crippen LogP contribution in [0.1, 0.15) is 18.9 Å². The van der Waals surface area contributed by atoms with Crippen LogP contribution < -0.4 is 9.47 Å². The third kappa shape index (κ3) is 3.15. The molecule has 1 aromatic carbocycles. The molecular weight excluding hydrogens is 230 g/mol. The predicted molar refractivity (Wildman–Crippen MR) is 70.1 cm³/mol. The van der Waals surface area contributed by atoms with Gasteiger partial charge < -0.3 is 14.6 Å². The van der Waals surface area contributed by atoms with Crippen LogP contribution >= 0.6 is 0 Å². The summed E-state index contributed by atoms with van der Waals surface area (Å²) in [6, 6.07) is 6.01. The van der Waals surface area contributed by atoms with Crippen molar-refractivity contribution >= 4 is 0 Å². The summed E-state index contributed by atoms with van der Waals surface area (Å²) < 4.78 is 10.8. The molecule has 4 heteroatoms. The van der Waals surface area contributed by atoms with E-state index in [0.717, 1.165) is 37.6 Å². The molecule has 2 rings (SSSR count). The molecule has 0 radical (unpaired) electrons. The minimum atomic E-state index is -0.172. The van der Waals surface area contributed by atoms with E-state index in [2.05, 4.69) is 11.0 Å². The molecule has 1 saturated heterocycles. The van der Waals surface area contributed by atoms with Crippen LogP contribution in [0.2, 0.25) is 0 Å². The van der Waals surface area contributed by atoms with Gasteiger partial charge in [-0.1, -0.05) is 6.07 Å². The number of nitrogens with zero attached hydrogens (tertiary/aromatic N) is 1. The van der Waals surface area contributed by atoms with Crippen molar-refractivity contribution in [2.75, 3.05) is 26.8 Å². The minimum Gasteiger partial charge on any atom is -0.493 e. The van der Waals surface area contributed by atoms with Crippen LogP contribution in [-0.4, -0.2) is 42.9 Å². The average Bonchev–Trinajstić information content (AvgIpc) is 2.77. The number of β-amino-alcohol motifs (C(OH)–C–C–N with tert-alkyl or cyclic N) is 1. The second-order valence-electron chi connectivity index (χ2n) is 4.60. The molecule has 100 valence electrons. The summed E-state index contributed by atoms with van der Waals surface area (Å²) in [4.78, 5) is 2.25. The largest absolute Gasteiger partial charge is 0.493 e. The first-order chi connectivity index (χ1) is 8.72. The van der Waals surface area contributed by atoms with Gasteiger partial charge in [-0.2, -0.15) is 0 Å². The molecule has 4 nitrogen and oxygen atoms in total. The van der Waals surface area contributed by atoms with Crippen molar-refractivity contribution < 1.29 is 14.6 Å². The van der Waals surface area contributed by atoms with E-state index in [1.165, 1.54) is 5.56 Å². The molecule has 0 spiro atoms. The smallest absolute Gasteiger partial charge is 0.161 e. The van der Waals surface area contributed by atoms with E-state index in [1.54, 1.807) is 7.11 Å². The lowest BCUT2D eigenvalue weighted by molar-refractivity contribution is 0.174. The second kappa shape index (κ2) is 6.07. The lowest BCUT2D eigenvalue weighted by Crippen LogP contribution is -2.21. The van der Waals surface area contributed by atoms with E-state index in [-0.39, 0.29) is 6.10 Å². The van der Waals surface area contributed by atoms with Gasteiger partial charge in [0.05, 0.1) is 19.8 Å². The number of aliphatic hydroxyl groups excluding tert-OH is 1. The molecular formula is C14H21NO3. The van der Waals surface area contributed by atoms with E-state index in [1.807, 2.05) is 19.1 Å². The molecule has 1 aliphatic rings. The zero-order chi connectivity index (χ0) is 13.0. The van der Waals surface area contributed by atoms with Gasteiger partial charge in [-0.05, 0) is 31.0 Å². The fraction of sp³-hybridized carbons (Fsp3) is 0.571. The Kier molecular flexibility index (Phi) is 4.44. The van der Waals surface area contributed by atoms with Crippen molar-refractivity contribution in [2.24, 2.45) is 0 Å². The van der Waals surface area contributed by atoms with Crippen molar-refractivity contribution in [3.05, 3.63) is 23.8 Å². The number of likely N-dealkylation sites (tertiary alicyclic amines) is 1. The summed E-state index contributed by atoms with van der Waals surface area (Å²) in [7, 11) is 1.65. The summed E-state index contributed by atoms with van der Waals surface area (Å²) in [6.45, 7) is 5.15. The van der Waals surface area contributed by atoms with Gasteiger partial charge in [0, 0.05) is 19.6 Å². The Labute approximate surface area is 108 Å². The second-order valence-corrected chi connectivity index (χ2v) is 4.60. The molecule has 0 unspecified atom stereocenters. The molecule has 1 N–H and O–H groups in total. The van der Waals surface area contributed by atoms with Gasteiger partial charge in [-0.25, -0.2) is 0 Å². The predicted octanol–water partition coefficient (Wildman–Crippen LogP) is 1.66. The van der Waals surface area contributed by atoms with Gasteiger partial charge in [-0.3, -0.25) is 4.90 Å². The maximum absolute atomic E-state index is 9.51. The Morgan fingerprint density at radius 2 is 2.22 bits per heavy atom. The first-order valence-electron chi connectivity index (χ1n) is 6.43. The van der Waals surface area contributed by atoms with Gasteiger partial charge in [0.1, 0.15) is 0 Å². The van der Waals surface area contributed by atoms with E-state index < -0.39 is 0 Å². The van der Waals surface area contributed by atoms with Crippen LogP contribution in [-0.2, 0) is 6.54 Å². The van der Waals surface area contributed by atoms with Gasteiger partial charge >= 0.3 is 0 Å². The Morgan fingerprint density at radius 3 is 2.83 bits per heavy atom. The maximum Gasteiger partial charge on any atom is 0.161 e. The van der Waals surface area contributed by atoms with E-state index >= 15 is 0 Å². The lowest BCUT2D eigenvalue weighted by Gasteiger charge is -2.16. The number of hydrogen-bond acceptors (Lipinski definition) is 4. The zero-order valence-corrected chi connectivity index (χ0v) is 11.1. The lowest BCUT2D eigenvalue weighted by atomic mass is 10.2. The average molecular weight is 251 g/mol. The molecule has 1 fully saturated rings. The molecule has 0 aliphatic carbocycles. The number of methoxy groups -OCH3 is 1. The number of benzene rings is 1. The molecule has 1 aromatic rings. The quantitative estimate of drug-likeness (QED) is 0.864. The number of ether oxygens (including phenoxy) is 2. The first-order valence-corrected chi connectivity index (χ1v) is 6.43. The minimum absolute atomic E-state index is 0.172.